The van der Waals surface area contributed by atoms with Crippen LogP contribution >= 0.6 is 11.6 Å². The number of rotatable bonds is 9. The van der Waals surface area contributed by atoms with Gasteiger partial charge in [-0.15, -0.1) is 0 Å². The van der Waals surface area contributed by atoms with Gasteiger partial charge in [-0.25, -0.2) is 4.68 Å². The van der Waals surface area contributed by atoms with E-state index < -0.39 is 17.8 Å². The zero-order chi connectivity index (χ0) is 27.6. The Morgan fingerprint density at radius 1 is 1.03 bits per heavy atom. The number of carbonyl (C=O) groups is 1. The topological polar surface area (TPSA) is 85.0 Å². The van der Waals surface area contributed by atoms with Gasteiger partial charge in [-0.1, -0.05) is 48.0 Å². The number of nitrogens with two attached hydrogens (primary N) is 1. The van der Waals surface area contributed by atoms with Gasteiger partial charge in [0.1, 0.15) is 5.69 Å². The van der Waals surface area contributed by atoms with Crippen LogP contribution in [0.15, 0.2) is 78.9 Å². The average Bonchev–Trinajstić information content (AvgIpc) is 3.63. The molecule has 0 spiro atoms. The highest BCUT2D eigenvalue weighted by Crippen LogP contribution is 2.32. The summed E-state index contributed by atoms with van der Waals surface area (Å²) in [6, 6.07) is 22.0. The van der Waals surface area contributed by atoms with E-state index in [4.69, 9.17) is 17.3 Å². The summed E-state index contributed by atoms with van der Waals surface area (Å²) in [6.07, 6.45) is -2.33. The van der Waals surface area contributed by atoms with E-state index in [1.54, 1.807) is 36.4 Å². The molecule has 1 atom stereocenters. The summed E-state index contributed by atoms with van der Waals surface area (Å²) in [5.74, 6) is -0.0779. The molecule has 0 bridgehead atoms. The van der Waals surface area contributed by atoms with E-state index in [9.17, 15) is 18.0 Å². The molecule has 1 fully saturated rings. The lowest BCUT2D eigenvalue weighted by molar-refractivity contribution is -0.141. The van der Waals surface area contributed by atoms with Crippen LogP contribution in [-0.2, 0) is 12.7 Å². The van der Waals surface area contributed by atoms with E-state index >= 15 is 0 Å². The molecule has 202 valence electrons. The minimum absolute atomic E-state index is 0.152. The fourth-order valence-electron chi connectivity index (χ4n) is 4.37. The van der Waals surface area contributed by atoms with Crippen molar-refractivity contribution in [2.75, 3.05) is 11.9 Å². The first-order valence-corrected chi connectivity index (χ1v) is 13.0. The van der Waals surface area contributed by atoms with Gasteiger partial charge >= 0.3 is 6.18 Å². The van der Waals surface area contributed by atoms with Gasteiger partial charge in [-0.2, -0.15) is 18.3 Å². The zero-order valence-electron chi connectivity index (χ0n) is 20.9. The third-order valence-corrected chi connectivity index (χ3v) is 6.86. The molecule has 39 heavy (non-hydrogen) atoms. The molecule has 3 aromatic carbocycles. The first-order chi connectivity index (χ1) is 18.7. The van der Waals surface area contributed by atoms with E-state index in [1.165, 1.54) is 12.8 Å². The standard InChI is InChI=1S/C29H27ClF3N5O/c30-22-11-9-20(10-12-22)27(35-17-18-7-8-18)21-4-2-5-23(14-21)36-28(39)25-15-26(29(31,32)33)37-38(25)24-6-1-3-19(13-24)16-34/h1-6,9-15,18,27,35H,7-8,16-17,34H2,(H,36,39). The van der Waals surface area contributed by atoms with E-state index in [0.29, 0.717) is 27.9 Å². The summed E-state index contributed by atoms with van der Waals surface area (Å²) in [7, 11) is 0. The molecule has 1 saturated carbocycles. The molecule has 5 rings (SSSR count). The summed E-state index contributed by atoms with van der Waals surface area (Å²) < 4.78 is 41.6. The number of hydrogen-bond acceptors (Lipinski definition) is 4. The fourth-order valence-corrected chi connectivity index (χ4v) is 4.50. The lowest BCUT2D eigenvalue weighted by Crippen LogP contribution is -2.25. The molecule has 1 aromatic heterocycles. The molecule has 1 aliphatic rings. The van der Waals surface area contributed by atoms with Crippen LogP contribution < -0.4 is 16.4 Å². The number of amides is 1. The molecule has 4 N–H and O–H groups in total. The van der Waals surface area contributed by atoms with E-state index in [0.717, 1.165) is 28.4 Å². The van der Waals surface area contributed by atoms with Gasteiger partial charge in [0, 0.05) is 23.3 Å². The first-order valence-electron chi connectivity index (χ1n) is 12.6. The van der Waals surface area contributed by atoms with Crippen LogP contribution in [0.4, 0.5) is 18.9 Å². The quantitative estimate of drug-likeness (QED) is 0.226. The second-order valence-electron chi connectivity index (χ2n) is 9.61. The molecular weight excluding hydrogens is 527 g/mol. The number of aromatic nitrogens is 2. The number of hydrogen-bond donors (Lipinski definition) is 3. The lowest BCUT2D eigenvalue weighted by atomic mass is 9.98. The maximum atomic E-state index is 13.6. The molecule has 4 aromatic rings. The van der Waals surface area contributed by atoms with Crippen molar-refractivity contribution < 1.29 is 18.0 Å². The zero-order valence-corrected chi connectivity index (χ0v) is 21.6. The summed E-state index contributed by atoms with van der Waals surface area (Å²) in [6.45, 7) is 1.05. The molecule has 6 nitrogen and oxygen atoms in total. The predicted octanol–water partition coefficient (Wildman–Crippen LogP) is 6.34. The fraction of sp³-hybridized carbons (Fsp3) is 0.241. The number of carbonyl (C=O) groups excluding carboxylic acids is 1. The highest BCUT2D eigenvalue weighted by atomic mass is 35.5. The van der Waals surface area contributed by atoms with Crippen molar-refractivity contribution in [1.29, 1.82) is 0 Å². The number of anilines is 1. The van der Waals surface area contributed by atoms with Gasteiger partial charge in [0.2, 0.25) is 0 Å². The minimum Gasteiger partial charge on any atom is -0.326 e. The molecule has 0 saturated heterocycles. The Hall–Kier alpha value is -3.66. The highest BCUT2D eigenvalue weighted by molar-refractivity contribution is 6.30. The Labute approximate surface area is 229 Å². The van der Waals surface area contributed by atoms with Crippen molar-refractivity contribution in [1.82, 2.24) is 15.1 Å². The van der Waals surface area contributed by atoms with Crippen LogP contribution in [0.3, 0.4) is 0 Å². The van der Waals surface area contributed by atoms with E-state index in [-0.39, 0.29) is 18.3 Å². The van der Waals surface area contributed by atoms with Crippen LogP contribution in [0.2, 0.25) is 5.02 Å². The van der Waals surface area contributed by atoms with Crippen LogP contribution in [0.5, 0.6) is 0 Å². The number of alkyl halides is 3. The Balaban J connectivity index is 1.45. The third kappa shape index (κ3) is 6.50. The van der Waals surface area contributed by atoms with E-state index in [2.05, 4.69) is 15.7 Å². The van der Waals surface area contributed by atoms with Crippen LogP contribution in [0.25, 0.3) is 5.69 Å². The van der Waals surface area contributed by atoms with E-state index in [1.807, 2.05) is 36.4 Å². The average molecular weight is 554 g/mol. The van der Waals surface area contributed by atoms with Crippen LogP contribution in [-0.4, -0.2) is 22.2 Å². The van der Waals surface area contributed by atoms with Crippen LogP contribution in [0.1, 0.15) is 51.8 Å². The molecule has 10 heteroatoms. The Kier molecular flexibility index (Phi) is 7.74. The summed E-state index contributed by atoms with van der Waals surface area (Å²) >= 11 is 6.09. The van der Waals surface area contributed by atoms with Gasteiger partial charge in [0.05, 0.1) is 11.7 Å². The highest BCUT2D eigenvalue weighted by Gasteiger charge is 2.36. The third-order valence-electron chi connectivity index (χ3n) is 6.61. The van der Waals surface area contributed by atoms with Crippen molar-refractivity contribution in [2.24, 2.45) is 11.7 Å². The van der Waals surface area contributed by atoms with Gasteiger partial charge in [0.25, 0.3) is 5.91 Å². The van der Waals surface area contributed by atoms with Crippen molar-refractivity contribution in [3.05, 3.63) is 112 Å². The second kappa shape index (κ2) is 11.2. The Morgan fingerprint density at radius 2 is 1.77 bits per heavy atom. The molecule has 1 unspecified atom stereocenters. The van der Waals surface area contributed by atoms with Crippen molar-refractivity contribution in [2.45, 2.75) is 31.6 Å². The molecule has 0 aliphatic heterocycles. The molecule has 1 aliphatic carbocycles. The van der Waals surface area contributed by atoms with Crippen molar-refractivity contribution >= 4 is 23.2 Å². The van der Waals surface area contributed by atoms with Gasteiger partial charge in [-0.05, 0) is 78.4 Å². The first kappa shape index (κ1) is 26.9. The number of nitrogens with zero attached hydrogens (tertiary/aromatic N) is 2. The molecular formula is C29H27ClF3N5O. The Bertz CT molecular complexity index is 1460. The van der Waals surface area contributed by atoms with Crippen LogP contribution in [0, 0.1) is 5.92 Å². The number of halogens is 4. The smallest absolute Gasteiger partial charge is 0.326 e. The molecule has 0 radical (unpaired) electrons. The van der Waals surface area contributed by atoms with Crippen molar-refractivity contribution in [3.8, 4) is 5.69 Å². The van der Waals surface area contributed by atoms with Gasteiger partial charge in [-0.3, -0.25) is 4.79 Å². The molecule has 1 amide bonds. The maximum absolute atomic E-state index is 13.6. The predicted molar refractivity (Wildman–Crippen MR) is 145 cm³/mol. The monoisotopic (exact) mass is 553 g/mol. The Morgan fingerprint density at radius 3 is 2.46 bits per heavy atom. The molecule has 1 heterocycles. The summed E-state index contributed by atoms with van der Waals surface area (Å²) in [5.41, 5.74) is 7.65. The maximum Gasteiger partial charge on any atom is 0.435 e. The minimum atomic E-state index is -4.72. The van der Waals surface area contributed by atoms with Crippen molar-refractivity contribution in [3.63, 3.8) is 0 Å². The normalized spacial score (nSPS) is 14.3. The summed E-state index contributed by atoms with van der Waals surface area (Å²) in [4.78, 5) is 13.3. The van der Waals surface area contributed by atoms with Gasteiger partial charge < -0.3 is 16.4 Å². The number of nitrogens with one attached hydrogen (secondary N) is 2. The summed E-state index contributed by atoms with van der Waals surface area (Å²) in [5, 5.41) is 10.7. The largest absolute Gasteiger partial charge is 0.435 e. The number of benzene rings is 3. The van der Waals surface area contributed by atoms with Gasteiger partial charge in [0.15, 0.2) is 5.69 Å². The SMILES string of the molecule is NCc1cccc(-n2nc(C(F)(F)F)cc2C(=O)Nc2cccc(C(NCC3CC3)c3ccc(Cl)cc3)c2)c1. The second-order valence-corrected chi connectivity index (χ2v) is 10.1. The lowest BCUT2D eigenvalue weighted by Gasteiger charge is -2.21.